The monoisotopic (exact) mass is 252 g/mol. The van der Waals surface area contributed by atoms with Gasteiger partial charge in [-0.05, 0) is 14.0 Å². The summed E-state index contributed by atoms with van der Waals surface area (Å²) in [5.74, 6) is 0.838. The highest BCUT2D eigenvalue weighted by atomic mass is 16.3. The minimum Gasteiger partial charge on any atom is -0.449 e. The summed E-state index contributed by atoms with van der Waals surface area (Å²) in [4.78, 5) is 9.30. The van der Waals surface area contributed by atoms with Crippen LogP contribution in [0.1, 0.15) is 18.5 Å². The fourth-order valence-electron chi connectivity index (χ4n) is 2.21. The van der Waals surface area contributed by atoms with E-state index in [4.69, 9.17) is 10.2 Å². The van der Waals surface area contributed by atoms with Crippen LogP contribution in [-0.2, 0) is 12.8 Å². The molecule has 0 aliphatic carbocycles. The molecule has 1 atom stereocenters. The Hall–Kier alpha value is -0.910. The zero-order valence-corrected chi connectivity index (χ0v) is 11.4. The van der Waals surface area contributed by atoms with Crippen molar-refractivity contribution >= 4 is 0 Å². The molecule has 1 aliphatic heterocycles. The Balaban J connectivity index is 1.74. The van der Waals surface area contributed by atoms with Gasteiger partial charge >= 0.3 is 0 Å². The van der Waals surface area contributed by atoms with Crippen molar-refractivity contribution in [2.24, 2.45) is 5.73 Å². The first kappa shape index (κ1) is 13.5. The molecule has 0 saturated carbocycles. The highest BCUT2D eigenvalue weighted by molar-refractivity contribution is 4.99. The molecule has 5 nitrogen and oxygen atoms in total. The van der Waals surface area contributed by atoms with Crippen molar-refractivity contribution in [2.45, 2.75) is 25.8 Å². The summed E-state index contributed by atoms with van der Waals surface area (Å²) in [6, 6.07) is 0.139. The summed E-state index contributed by atoms with van der Waals surface area (Å²) >= 11 is 0. The Labute approximate surface area is 109 Å². The van der Waals surface area contributed by atoms with Crippen LogP contribution in [0.4, 0.5) is 0 Å². The van der Waals surface area contributed by atoms with Crippen molar-refractivity contribution in [1.82, 2.24) is 14.8 Å². The van der Waals surface area contributed by atoms with Crippen molar-refractivity contribution in [3.8, 4) is 0 Å². The summed E-state index contributed by atoms with van der Waals surface area (Å²) in [6.45, 7) is 7.61. The molecule has 1 aliphatic rings. The van der Waals surface area contributed by atoms with E-state index in [1.54, 1.807) is 6.26 Å². The Morgan fingerprint density at radius 1 is 1.39 bits per heavy atom. The number of aromatic nitrogens is 1. The number of hydrogen-bond acceptors (Lipinski definition) is 5. The number of hydrogen-bond donors (Lipinski definition) is 1. The van der Waals surface area contributed by atoms with E-state index in [1.165, 1.54) is 0 Å². The van der Waals surface area contributed by atoms with Crippen LogP contribution >= 0.6 is 0 Å². The second-order valence-electron chi connectivity index (χ2n) is 5.31. The normalized spacial score (nSPS) is 20.2. The van der Waals surface area contributed by atoms with Gasteiger partial charge in [-0.2, -0.15) is 0 Å². The van der Waals surface area contributed by atoms with Gasteiger partial charge in [0, 0.05) is 51.6 Å². The fourth-order valence-corrected chi connectivity index (χ4v) is 2.21. The molecule has 5 heteroatoms. The molecule has 0 amide bonds. The van der Waals surface area contributed by atoms with Crippen LogP contribution in [0.15, 0.2) is 10.7 Å². The number of nitrogens with zero attached hydrogens (tertiary/aromatic N) is 3. The van der Waals surface area contributed by atoms with Gasteiger partial charge in [-0.3, -0.25) is 0 Å². The molecule has 1 aromatic rings. The number of piperazine rings is 1. The maximum atomic E-state index is 5.74. The second-order valence-corrected chi connectivity index (χ2v) is 5.31. The van der Waals surface area contributed by atoms with E-state index in [-0.39, 0.29) is 6.04 Å². The van der Waals surface area contributed by atoms with Crippen LogP contribution in [0.25, 0.3) is 0 Å². The Morgan fingerprint density at radius 3 is 2.78 bits per heavy atom. The van der Waals surface area contributed by atoms with Crippen LogP contribution in [0.3, 0.4) is 0 Å². The lowest BCUT2D eigenvalue weighted by Crippen LogP contribution is -2.45. The van der Waals surface area contributed by atoms with Crippen LogP contribution in [0.5, 0.6) is 0 Å². The molecule has 1 fully saturated rings. The average Bonchev–Trinajstić information content (AvgIpc) is 2.75. The standard InChI is InChI=1S/C13H24N4O/c1-11(14)9-12-10-18-13(15-12)3-4-17-7-5-16(2)6-8-17/h10-11H,3-9,14H2,1-2H3. The molecule has 1 unspecified atom stereocenters. The summed E-state index contributed by atoms with van der Waals surface area (Å²) in [6.07, 6.45) is 3.42. The van der Waals surface area contributed by atoms with Crippen molar-refractivity contribution in [2.75, 3.05) is 39.8 Å². The molecular weight excluding hydrogens is 228 g/mol. The molecule has 0 bridgehead atoms. The number of nitrogens with two attached hydrogens (primary N) is 1. The van der Waals surface area contributed by atoms with Gasteiger partial charge in [-0.1, -0.05) is 0 Å². The van der Waals surface area contributed by atoms with Gasteiger partial charge in [0.2, 0.25) is 0 Å². The minimum absolute atomic E-state index is 0.139. The number of rotatable bonds is 5. The predicted octanol–water partition coefficient (Wildman–Crippen LogP) is 0.354. The third-order valence-electron chi connectivity index (χ3n) is 3.37. The van der Waals surface area contributed by atoms with Crippen molar-refractivity contribution < 1.29 is 4.42 Å². The third-order valence-corrected chi connectivity index (χ3v) is 3.37. The predicted molar refractivity (Wildman–Crippen MR) is 71.5 cm³/mol. The van der Waals surface area contributed by atoms with Crippen LogP contribution in [0.2, 0.25) is 0 Å². The van der Waals surface area contributed by atoms with E-state index in [0.29, 0.717) is 0 Å². The largest absolute Gasteiger partial charge is 0.449 e. The molecule has 0 aromatic carbocycles. The fraction of sp³-hybridized carbons (Fsp3) is 0.769. The zero-order valence-electron chi connectivity index (χ0n) is 11.4. The Bertz CT molecular complexity index is 356. The van der Waals surface area contributed by atoms with E-state index in [1.807, 2.05) is 6.92 Å². The Kier molecular flexibility index (Phi) is 4.74. The first-order valence-electron chi connectivity index (χ1n) is 6.73. The number of oxazole rings is 1. The van der Waals surface area contributed by atoms with Gasteiger partial charge < -0.3 is 20.0 Å². The molecule has 0 spiro atoms. The molecule has 2 heterocycles. The molecule has 102 valence electrons. The molecule has 1 aromatic heterocycles. The Morgan fingerprint density at radius 2 is 2.11 bits per heavy atom. The second kappa shape index (κ2) is 6.31. The average molecular weight is 252 g/mol. The smallest absolute Gasteiger partial charge is 0.195 e. The maximum Gasteiger partial charge on any atom is 0.195 e. The number of likely N-dealkylation sites (N-methyl/N-ethyl adjacent to an activating group) is 1. The van der Waals surface area contributed by atoms with E-state index in [0.717, 1.165) is 57.2 Å². The van der Waals surface area contributed by atoms with Gasteiger partial charge in [0.15, 0.2) is 5.89 Å². The topological polar surface area (TPSA) is 58.5 Å². The van der Waals surface area contributed by atoms with Crippen molar-refractivity contribution in [3.63, 3.8) is 0 Å². The first-order chi connectivity index (χ1) is 8.63. The summed E-state index contributed by atoms with van der Waals surface area (Å²) in [7, 11) is 2.17. The molecule has 2 rings (SSSR count). The van der Waals surface area contributed by atoms with Crippen LogP contribution in [-0.4, -0.2) is 60.6 Å². The van der Waals surface area contributed by atoms with Gasteiger partial charge in [0.1, 0.15) is 6.26 Å². The maximum absolute atomic E-state index is 5.74. The summed E-state index contributed by atoms with van der Waals surface area (Å²) < 4.78 is 5.47. The summed E-state index contributed by atoms with van der Waals surface area (Å²) in [5, 5.41) is 0. The van der Waals surface area contributed by atoms with E-state index < -0.39 is 0 Å². The van der Waals surface area contributed by atoms with Gasteiger partial charge in [0.05, 0.1) is 5.69 Å². The van der Waals surface area contributed by atoms with Crippen molar-refractivity contribution in [3.05, 3.63) is 17.8 Å². The van der Waals surface area contributed by atoms with Crippen molar-refractivity contribution in [1.29, 1.82) is 0 Å². The molecule has 1 saturated heterocycles. The lowest BCUT2D eigenvalue weighted by molar-refractivity contribution is 0.153. The lowest BCUT2D eigenvalue weighted by Gasteiger charge is -2.31. The van der Waals surface area contributed by atoms with Gasteiger partial charge in [-0.15, -0.1) is 0 Å². The molecular formula is C13H24N4O. The first-order valence-corrected chi connectivity index (χ1v) is 6.73. The van der Waals surface area contributed by atoms with E-state index >= 15 is 0 Å². The SMILES string of the molecule is CC(N)Cc1coc(CCN2CCN(C)CC2)n1. The highest BCUT2D eigenvalue weighted by Gasteiger charge is 2.14. The molecule has 18 heavy (non-hydrogen) atoms. The quantitative estimate of drug-likeness (QED) is 0.819. The van der Waals surface area contributed by atoms with Crippen LogP contribution in [0, 0.1) is 0 Å². The zero-order chi connectivity index (χ0) is 13.0. The highest BCUT2D eigenvalue weighted by Crippen LogP contribution is 2.07. The van der Waals surface area contributed by atoms with Gasteiger partial charge in [0.25, 0.3) is 0 Å². The molecule has 2 N–H and O–H groups in total. The molecule has 0 radical (unpaired) electrons. The lowest BCUT2D eigenvalue weighted by atomic mass is 10.2. The third kappa shape index (κ3) is 4.08. The van der Waals surface area contributed by atoms with Gasteiger partial charge in [-0.25, -0.2) is 4.98 Å². The van der Waals surface area contributed by atoms with Crippen LogP contribution < -0.4 is 5.73 Å². The minimum atomic E-state index is 0.139. The summed E-state index contributed by atoms with van der Waals surface area (Å²) in [5.41, 5.74) is 6.71. The van der Waals surface area contributed by atoms with E-state index in [9.17, 15) is 0 Å². The van der Waals surface area contributed by atoms with E-state index in [2.05, 4.69) is 21.8 Å².